The third-order valence-electron chi connectivity index (χ3n) is 3.63. The maximum atomic E-state index is 4.19. The Bertz CT molecular complexity index is 330. The van der Waals surface area contributed by atoms with Crippen molar-refractivity contribution in [1.82, 2.24) is 20.3 Å². The molecule has 0 spiro atoms. The second-order valence-electron chi connectivity index (χ2n) is 5.27. The number of aromatic nitrogens is 3. The molecule has 2 rings (SSSR count). The second-order valence-corrected chi connectivity index (χ2v) is 5.27. The molecule has 4 nitrogen and oxygen atoms in total. The molecule has 0 saturated heterocycles. The van der Waals surface area contributed by atoms with Gasteiger partial charge in [0.2, 0.25) is 0 Å². The summed E-state index contributed by atoms with van der Waals surface area (Å²) in [5, 5.41) is 11.8. The molecule has 1 saturated carbocycles. The maximum absolute atomic E-state index is 4.19. The van der Waals surface area contributed by atoms with Crippen molar-refractivity contribution in [3.8, 4) is 0 Å². The molecule has 0 aromatic carbocycles. The van der Waals surface area contributed by atoms with Crippen LogP contribution in [0.25, 0.3) is 0 Å². The third-order valence-corrected chi connectivity index (χ3v) is 3.63. The van der Waals surface area contributed by atoms with Crippen LogP contribution in [0.5, 0.6) is 0 Å². The first-order valence-electron chi connectivity index (χ1n) is 6.86. The SMILES string of the molecule is CCCNC(Cc1cn(C)nn1)CC1CCC1. The zero-order chi connectivity index (χ0) is 12.1. The van der Waals surface area contributed by atoms with Crippen LogP contribution in [0.15, 0.2) is 6.20 Å². The Morgan fingerprint density at radius 1 is 1.53 bits per heavy atom. The van der Waals surface area contributed by atoms with Gasteiger partial charge in [-0.3, -0.25) is 4.68 Å². The smallest absolute Gasteiger partial charge is 0.0842 e. The first-order valence-corrected chi connectivity index (χ1v) is 6.86. The van der Waals surface area contributed by atoms with E-state index in [1.807, 2.05) is 13.2 Å². The minimum Gasteiger partial charge on any atom is -0.314 e. The minimum absolute atomic E-state index is 0.581. The molecule has 0 radical (unpaired) electrons. The second kappa shape index (κ2) is 6.15. The molecule has 1 fully saturated rings. The van der Waals surface area contributed by atoms with Crippen molar-refractivity contribution < 1.29 is 0 Å². The topological polar surface area (TPSA) is 42.7 Å². The van der Waals surface area contributed by atoms with E-state index in [1.165, 1.54) is 32.1 Å². The van der Waals surface area contributed by atoms with Gasteiger partial charge in [-0.2, -0.15) is 0 Å². The highest BCUT2D eigenvalue weighted by atomic mass is 15.4. The van der Waals surface area contributed by atoms with Crippen LogP contribution in [-0.4, -0.2) is 27.6 Å². The number of nitrogens with zero attached hydrogens (tertiary/aromatic N) is 3. The van der Waals surface area contributed by atoms with Crippen molar-refractivity contribution in [2.45, 2.75) is 51.5 Å². The molecule has 0 bridgehead atoms. The molecule has 4 heteroatoms. The molecule has 17 heavy (non-hydrogen) atoms. The van der Waals surface area contributed by atoms with E-state index in [1.54, 1.807) is 4.68 Å². The molecule has 1 aromatic rings. The summed E-state index contributed by atoms with van der Waals surface area (Å²) in [5.74, 6) is 0.945. The Balaban J connectivity index is 1.84. The number of hydrogen-bond acceptors (Lipinski definition) is 3. The molecular weight excluding hydrogens is 212 g/mol. The van der Waals surface area contributed by atoms with Gasteiger partial charge in [0.1, 0.15) is 0 Å². The average molecular weight is 236 g/mol. The lowest BCUT2D eigenvalue weighted by Gasteiger charge is -2.30. The molecule has 1 unspecified atom stereocenters. The number of rotatable bonds is 7. The summed E-state index contributed by atoms with van der Waals surface area (Å²) < 4.78 is 1.79. The largest absolute Gasteiger partial charge is 0.314 e. The van der Waals surface area contributed by atoms with Crippen LogP contribution in [0.3, 0.4) is 0 Å². The summed E-state index contributed by atoms with van der Waals surface area (Å²) >= 11 is 0. The quantitative estimate of drug-likeness (QED) is 0.786. The van der Waals surface area contributed by atoms with Gasteiger partial charge in [-0.15, -0.1) is 5.10 Å². The van der Waals surface area contributed by atoms with Crippen LogP contribution in [0.4, 0.5) is 0 Å². The van der Waals surface area contributed by atoms with Crippen LogP contribution < -0.4 is 5.32 Å². The van der Waals surface area contributed by atoms with Crippen LogP contribution in [-0.2, 0) is 13.5 Å². The summed E-state index contributed by atoms with van der Waals surface area (Å²) in [6.07, 6.45) is 9.82. The average Bonchev–Trinajstić information content (AvgIpc) is 2.65. The van der Waals surface area contributed by atoms with Gasteiger partial charge in [-0.25, -0.2) is 0 Å². The molecule has 1 aliphatic rings. The van der Waals surface area contributed by atoms with Gasteiger partial charge < -0.3 is 5.32 Å². The molecule has 1 atom stereocenters. The predicted octanol–water partition coefficient (Wildman–Crippen LogP) is 1.92. The van der Waals surface area contributed by atoms with Crippen molar-refractivity contribution in [2.75, 3.05) is 6.54 Å². The molecule has 0 amide bonds. The summed E-state index contributed by atoms with van der Waals surface area (Å²) in [5.41, 5.74) is 1.11. The van der Waals surface area contributed by atoms with Gasteiger partial charge in [0, 0.05) is 25.7 Å². The van der Waals surface area contributed by atoms with E-state index in [-0.39, 0.29) is 0 Å². The van der Waals surface area contributed by atoms with E-state index in [2.05, 4.69) is 22.6 Å². The predicted molar refractivity (Wildman–Crippen MR) is 68.7 cm³/mol. The molecule has 1 N–H and O–H groups in total. The lowest BCUT2D eigenvalue weighted by Crippen LogP contribution is -2.35. The lowest BCUT2D eigenvalue weighted by atomic mass is 9.80. The Morgan fingerprint density at radius 2 is 2.35 bits per heavy atom. The number of aryl methyl sites for hydroxylation is 1. The fraction of sp³-hybridized carbons (Fsp3) is 0.846. The van der Waals surface area contributed by atoms with Crippen molar-refractivity contribution >= 4 is 0 Å². The highest BCUT2D eigenvalue weighted by Gasteiger charge is 2.22. The van der Waals surface area contributed by atoms with Gasteiger partial charge >= 0.3 is 0 Å². The zero-order valence-corrected chi connectivity index (χ0v) is 11.0. The van der Waals surface area contributed by atoms with Crippen molar-refractivity contribution in [2.24, 2.45) is 13.0 Å². The van der Waals surface area contributed by atoms with Gasteiger partial charge in [0.25, 0.3) is 0 Å². The Morgan fingerprint density at radius 3 is 2.88 bits per heavy atom. The summed E-state index contributed by atoms with van der Waals surface area (Å²) in [7, 11) is 1.93. The van der Waals surface area contributed by atoms with Crippen molar-refractivity contribution in [1.29, 1.82) is 0 Å². The van der Waals surface area contributed by atoms with Gasteiger partial charge in [0.05, 0.1) is 5.69 Å². The first-order chi connectivity index (χ1) is 8.28. The highest BCUT2D eigenvalue weighted by Crippen LogP contribution is 2.30. The first kappa shape index (κ1) is 12.6. The maximum Gasteiger partial charge on any atom is 0.0842 e. The van der Waals surface area contributed by atoms with Gasteiger partial charge in [0.15, 0.2) is 0 Å². The molecule has 1 aliphatic carbocycles. The fourth-order valence-corrected chi connectivity index (χ4v) is 2.46. The normalized spacial score (nSPS) is 18.0. The fourth-order valence-electron chi connectivity index (χ4n) is 2.46. The number of nitrogens with one attached hydrogen (secondary N) is 1. The van der Waals surface area contributed by atoms with E-state index < -0.39 is 0 Å². The minimum atomic E-state index is 0.581. The molecule has 96 valence electrons. The molecule has 1 heterocycles. The van der Waals surface area contributed by atoms with Crippen molar-refractivity contribution in [3.05, 3.63) is 11.9 Å². The van der Waals surface area contributed by atoms with E-state index in [0.717, 1.165) is 24.6 Å². The molecule has 1 aromatic heterocycles. The Labute approximate surface area is 104 Å². The van der Waals surface area contributed by atoms with Crippen LogP contribution in [0.1, 0.15) is 44.7 Å². The van der Waals surface area contributed by atoms with Gasteiger partial charge in [-0.05, 0) is 25.3 Å². The van der Waals surface area contributed by atoms with E-state index >= 15 is 0 Å². The third kappa shape index (κ3) is 3.80. The summed E-state index contributed by atoms with van der Waals surface area (Å²) in [6.45, 7) is 3.33. The van der Waals surface area contributed by atoms with Crippen LogP contribution in [0.2, 0.25) is 0 Å². The summed E-state index contributed by atoms with van der Waals surface area (Å²) in [6, 6.07) is 0.581. The Kier molecular flexibility index (Phi) is 4.54. The van der Waals surface area contributed by atoms with Crippen molar-refractivity contribution in [3.63, 3.8) is 0 Å². The van der Waals surface area contributed by atoms with E-state index in [0.29, 0.717) is 6.04 Å². The zero-order valence-electron chi connectivity index (χ0n) is 11.0. The highest BCUT2D eigenvalue weighted by molar-refractivity contribution is 4.96. The van der Waals surface area contributed by atoms with Crippen LogP contribution in [0, 0.1) is 5.92 Å². The molecular formula is C13H24N4. The van der Waals surface area contributed by atoms with E-state index in [4.69, 9.17) is 0 Å². The Hall–Kier alpha value is -0.900. The van der Waals surface area contributed by atoms with Gasteiger partial charge in [-0.1, -0.05) is 31.4 Å². The number of hydrogen-bond donors (Lipinski definition) is 1. The van der Waals surface area contributed by atoms with E-state index in [9.17, 15) is 0 Å². The van der Waals surface area contributed by atoms with Crippen LogP contribution >= 0.6 is 0 Å². The standard InChI is InChI=1S/C13H24N4/c1-3-7-14-12(8-11-5-4-6-11)9-13-10-17(2)16-15-13/h10-12,14H,3-9H2,1-2H3. The molecule has 0 aliphatic heterocycles. The monoisotopic (exact) mass is 236 g/mol. The summed E-state index contributed by atoms with van der Waals surface area (Å²) in [4.78, 5) is 0. The lowest BCUT2D eigenvalue weighted by molar-refractivity contribution is 0.258.